The molecule has 6 rings (SSSR count). The number of aromatic hydroxyl groups is 1. The summed E-state index contributed by atoms with van der Waals surface area (Å²) in [7, 11) is 1.97. The highest BCUT2D eigenvalue weighted by Gasteiger charge is 2.35. The predicted octanol–water partition coefficient (Wildman–Crippen LogP) is 3.90. The number of fused-ring (bicyclic) bond motifs is 10. The van der Waals surface area contributed by atoms with Gasteiger partial charge in [-0.15, -0.1) is 0 Å². The third-order valence-electron chi connectivity index (χ3n) is 6.63. The molecule has 0 saturated heterocycles. The van der Waals surface area contributed by atoms with Crippen molar-refractivity contribution in [2.24, 2.45) is 13.0 Å². The standard InChI is InChI=1S/C24H24N4O2/c1-12(2)11-28-19-6-4-13(29)8-15(19)21-17-9-25-24(30)22(17)20-14(23(21)28)5-7-18-16(20)10-26-27(18)3/h4,6,8,10,12,29H,5,7,9,11H2,1-3H3,(H,25,30). The largest absolute Gasteiger partial charge is 0.508 e. The number of aromatic nitrogens is 3. The Morgan fingerprint density at radius 1 is 1.20 bits per heavy atom. The number of phenolic OH excluding ortho intramolecular Hbond substituents is 1. The zero-order valence-electron chi connectivity index (χ0n) is 17.4. The number of hydrogen-bond acceptors (Lipinski definition) is 3. The van der Waals surface area contributed by atoms with Gasteiger partial charge in [0.1, 0.15) is 5.75 Å². The first-order valence-corrected chi connectivity index (χ1v) is 10.6. The molecule has 2 N–H and O–H groups in total. The topological polar surface area (TPSA) is 72.1 Å². The molecular formula is C24H24N4O2. The van der Waals surface area contributed by atoms with Gasteiger partial charge >= 0.3 is 0 Å². The predicted molar refractivity (Wildman–Crippen MR) is 117 cm³/mol. The van der Waals surface area contributed by atoms with E-state index < -0.39 is 0 Å². The summed E-state index contributed by atoms with van der Waals surface area (Å²) in [4.78, 5) is 13.0. The molecule has 1 aliphatic carbocycles. The van der Waals surface area contributed by atoms with Crippen molar-refractivity contribution in [2.75, 3.05) is 0 Å². The minimum absolute atomic E-state index is 0.00948. The normalized spacial score (nSPS) is 15.0. The number of benzene rings is 2. The smallest absolute Gasteiger partial charge is 0.252 e. The van der Waals surface area contributed by atoms with Crippen LogP contribution in [0.15, 0.2) is 24.4 Å². The average molecular weight is 400 g/mol. The van der Waals surface area contributed by atoms with Crippen LogP contribution in [0.3, 0.4) is 0 Å². The van der Waals surface area contributed by atoms with Gasteiger partial charge in [-0.05, 0) is 48.1 Å². The summed E-state index contributed by atoms with van der Waals surface area (Å²) < 4.78 is 4.33. The summed E-state index contributed by atoms with van der Waals surface area (Å²) in [6, 6.07) is 5.62. The fourth-order valence-electron chi connectivity index (χ4n) is 5.50. The molecule has 0 atom stereocenters. The van der Waals surface area contributed by atoms with E-state index in [4.69, 9.17) is 0 Å². The number of nitrogens with zero attached hydrogens (tertiary/aromatic N) is 3. The van der Waals surface area contributed by atoms with E-state index in [2.05, 4.69) is 28.8 Å². The lowest BCUT2D eigenvalue weighted by atomic mass is 9.82. The Balaban J connectivity index is 1.86. The SMILES string of the molecule is CC(C)Cn1c2ccc(O)cc2c2c3c(c4c(c21)CCc1c-4cnn1C)C(=O)NC3. The fraction of sp³-hybridized carbons (Fsp3) is 0.333. The summed E-state index contributed by atoms with van der Waals surface area (Å²) in [5.41, 5.74) is 8.72. The zero-order valence-corrected chi connectivity index (χ0v) is 17.4. The van der Waals surface area contributed by atoms with Crippen LogP contribution in [0.4, 0.5) is 0 Å². The van der Waals surface area contributed by atoms with Gasteiger partial charge in [-0.25, -0.2) is 0 Å². The number of amides is 1. The van der Waals surface area contributed by atoms with Gasteiger partial charge in [0.05, 0.1) is 17.3 Å². The summed E-state index contributed by atoms with van der Waals surface area (Å²) in [6.07, 6.45) is 3.69. The van der Waals surface area contributed by atoms with Gasteiger partial charge in [-0.1, -0.05) is 13.8 Å². The molecule has 1 amide bonds. The van der Waals surface area contributed by atoms with E-state index in [9.17, 15) is 9.90 Å². The molecule has 6 nitrogen and oxygen atoms in total. The van der Waals surface area contributed by atoms with Crippen molar-refractivity contribution in [3.63, 3.8) is 0 Å². The van der Waals surface area contributed by atoms with Crippen LogP contribution in [0.2, 0.25) is 0 Å². The molecule has 0 fully saturated rings. The van der Waals surface area contributed by atoms with Gasteiger partial charge in [-0.3, -0.25) is 9.48 Å². The van der Waals surface area contributed by atoms with Gasteiger partial charge in [0.15, 0.2) is 0 Å². The van der Waals surface area contributed by atoms with Crippen LogP contribution in [-0.2, 0) is 33.0 Å². The van der Waals surface area contributed by atoms with Crippen LogP contribution in [0.25, 0.3) is 32.9 Å². The molecule has 6 heteroatoms. The van der Waals surface area contributed by atoms with E-state index in [1.54, 1.807) is 6.07 Å². The Labute approximate surface area is 174 Å². The third-order valence-corrected chi connectivity index (χ3v) is 6.63. The summed E-state index contributed by atoms with van der Waals surface area (Å²) in [5, 5.41) is 19.9. The Morgan fingerprint density at radius 3 is 2.83 bits per heavy atom. The molecule has 0 radical (unpaired) electrons. The van der Waals surface area contributed by atoms with E-state index in [0.717, 1.165) is 57.9 Å². The van der Waals surface area contributed by atoms with Crippen LogP contribution in [0.1, 0.15) is 41.0 Å². The van der Waals surface area contributed by atoms with Gasteiger partial charge in [-0.2, -0.15) is 5.10 Å². The molecule has 4 aromatic rings. The van der Waals surface area contributed by atoms with Crippen molar-refractivity contribution in [1.29, 1.82) is 0 Å². The van der Waals surface area contributed by atoms with Crippen LogP contribution in [0, 0.1) is 5.92 Å². The lowest BCUT2D eigenvalue weighted by Gasteiger charge is -2.23. The number of aryl methyl sites for hydroxylation is 2. The van der Waals surface area contributed by atoms with Crippen molar-refractivity contribution in [3.05, 3.63) is 46.8 Å². The maximum absolute atomic E-state index is 13.0. The number of carbonyl (C=O) groups excluding carboxylic acids is 1. The minimum atomic E-state index is -0.00948. The van der Waals surface area contributed by atoms with Crippen molar-refractivity contribution < 1.29 is 9.90 Å². The van der Waals surface area contributed by atoms with E-state index in [1.165, 1.54) is 16.8 Å². The Bertz CT molecular complexity index is 1390. The van der Waals surface area contributed by atoms with Gasteiger partial charge in [0.2, 0.25) is 0 Å². The van der Waals surface area contributed by atoms with E-state index in [-0.39, 0.29) is 11.7 Å². The van der Waals surface area contributed by atoms with Crippen LogP contribution < -0.4 is 5.32 Å². The summed E-state index contributed by atoms with van der Waals surface area (Å²) >= 11 is 0. The molecule has 2 aromatic heterocycles. The molecule has 3 heterocycles. The van der Waals surface area contributed by atoms with Crippen molar-refractivity contribution in [2.45, 2.75) is 39.8 Å². The average Bonchev–Trinajstić information content (AvgIpc) is 3.36. The van der Waals surface area contributed by atoms with E-state index in [1.807, 2.05) is 30.1 Å². The molecular weight excluding hydrogens is 376 g/mol. The lowest BCUT2D eigenvalue weighted by Crippen LogP contribution is -2.16. The molecule has 152 valence electrons. The summed E-state index contributed by atoms with van der Waals surface area (Å²) in [5.74, 6) is 0.716. The molecule has 2 aliphatic rings. The number of hydrogen-bond donors (Lipinski definition) is 2. The van der Waals surface area contributed by atoms with Crippen molar-refractivity contribution in [1.82, 2.24) is 19.7 Å². The highest BCUT2D eigenvalue weighted by molar-refractivity contribution is 6.19. The Morgan fingerprint density at radius 2 is 2.03 bits per heavy atom. The number of phenols is 1. The highest BCUT2D eigenvalue weighted by Crippen LogP contribution is 2.47. The Kier molecular flexibility index (Phi) is 3.44. The quantitative estimate of drug-likeness (QED) is 0.536. The highest BCUT2D eigenvalue weighted by atomic mass is 16.3. The molecule has 0 bridgehead atoms. The first-order chi connectivity index (χ1) is 14.5. The maximum Gasteiger partial charge on any atom is 0.252 e. The first kappa shape index (κ1) is 17.6. The van der Waals surface area contributed by atoms with E-state index >= 15 is 0 Å². The monoisotopic (exact) mass is 400 g/mol. The van der Waals surface area contributed by atoms with Crippen molar-refractivity contribution in [3.8, 4) is 16.9 Å². The second kappa shape index (κ2) is 5.88. The molecule has 0 spiro atoms. The zero-order chi connectivity index (χ0) is 20.7. The number of carbonyl (C=O) groups is 1. The number of rotatable bonds is 2. The second-order valence-electron chi connectivity index (χ2n) is 8.95. The molecule has 0 saturated carbocycles. The molecule has 0 unspecified atom stereocenters. The Hall–Kier alpha value is -3.28. The van der Waals surface area contributed by atoms with Crippen LogP contribution in [-0.4, -0.2) is 25.4 Å². The van der Waals surface area contributed by atoms with E-state index in [0.29, 0.717) is 12.5 Å². The van der Waals surface area contributed by atoms with Gasteiger partial charge in [0, 0.05) is 53.2 Å². The first-order valence-electron chi connectivity index (χ1n) is 10.6. The van der Waals surface area contributed by atoms with Crippen LogP contribution in [0.5, 0.6) is 5.75 Å². The molecule has 1 aliphatic heterocycles. The van der Waals surface area contributed by atoms with Gasteiger partial charge in [0.25, 0.3) is 5.91 Å². The van der Waals surface area contributed by atoms with Crippen molar-refractivity contribution >= 4 is 27.7 Å². The number of nitrogens with one attached hydrogen (secondary N) is 1. The van der Waals surface area contributed by atoms with Crippen LogP contribution >= 0.6 is 0 Å². The minimum Gasteiger partial charge on any atom is -0.508 e. The lowest BCUT2D eigenvalue weighted by molar-refractivity contribution is 0.0966. The van der Waals surface area contributed by atoms with Gasteiger partial charge < -0.3 is 15.0 Å². The fourth-order valence-corrected chi connectivity index (χ4v) is 5.50. The third kappa shape index (κ3) is 2.13. The molecule has 30 heavy (non-hydrogen) atoms. The second-order valence-corrected chi connectivity index (χ2v) is 8.95. The summed E-state index contributed by atoms with van der Waals surface area (Å²) in [6.45, 7) is 5.85. The molecule has 2 aromatic carbocycles. The maximum atomic E-state index is 13.0.